The monoisotopic (exact) mass is 365 g/mol. The molecule has 3 rings (SSSR count). The van der Waals surface area contributed by atoms with E-state index >= 15 is 0 Å². The van der Waals surface area contributed by atoms with E-state index in [0.29, 0.717) is 11.1 Å². The predicted octanol–water partition coefficient (Wildman–Crippen LogP) is 4.30. The number of nitrogens with zero attached hydrogens (tertiary/aromatic N) is 3. The number of carbonyl (C=O) groups is 1. The quantitative estimate of drug-likeness (QED) is 0.800. The van der Waals surface area contributed by atoms with Crippen molar-refractivity contribution in [1.29, 1.82) is 0 Å². The van der Waals surface area contributed by atoms with E-state index in [4.69, 9.17) is 16.6 Å². The molecule has 24 heavy (non-hydrogen) atoms. The highest BCUT2D eigenvalue weighted by Gasteiger charge is 2.35. The summed E-state index contributed by atoms with van der Waals surface area (Å²) < 4.78 is 0. The molecule has 1 saturated heterocycles. The van der Waals surface area contributed by atoms with Gasteiger partial charge in [-0.2, -0.15) is 0 Å². The number of aryl methyl sites for hydroxylation is 1. The lowest BCUT2D eigenvalue weighted by Crippen LogP contribution is -2.48. The number of aliphatic imine (C=N–C) groups is 1. The number of hydrogen-bond donors (Lipinski definition) is 0. The lowest BCUT2D eigenvalue weighted by molar-refractivity contribution is -0.117. The van der Waals surface area contributed by atoms with Gasteiger partial charge in [-0.1, -0.05) is 42.3 Å². The molecule has 0 bridgehead atoms. The van der Waals surface area contributed by atoms with Gasteiger partial charge in [0, 0.05) is 19.7 Å². The predicted molar refractivity (Wildman–Crippen MR) is 103 cm³/mol. The molecule has 1 unspecified atom stereocenters. The second kappa shape index (κ2) is 7.36. The van der Waals surface area contributed by atoms with Crippen LogP contribution in [-0.2, 0) is 4.79 Å². The van der Waals surface area contributed by atoms with Crippen LogP contribution in [0.1, 0.15) is 38.2 Å². The molecule has 0 radical (unpaired) electrons. The summed E-state index contributed by atoms with van der Waals surface area (Å²) in [6.45, 7) is 3.60. The summed E-state index contributed by atoms with van der Waals surface area (Å²) in [5.74, 6) is 0.812. The minimum Gasteiger partial charge on any atom is -0.333 e. The van der Waals surface area contributed by atoms with E-state index in [2.05, 4.69) is 4.90 Å². The minimum atomic E-state index is -0.0483. The van der Waals surface area contributed by atoms with Crippen molar-refractivity contribution in [2.75, 3.05) is 17.7 Å². The number of anilines is 1. The fourth-order valence-electron chi connectivity index (χ4n) is 3.40. The maximum Gasteiger partial charge on any atom is 0.225 e. The first-order chi connectivity index (χ1) is 11.5. The SMILES string of the molecule is CC(=O)N(c1ccc(C)cc1Cl)C1CSC(=NC2CCCC2)N1C. The Morgan fingerprint density at radius 3 is 2.71 bits per heavy atom. The Morgan fingerprint density at radius 2 is 2.08 bits per heavy atom. The molecule has 4 nitrogen and oxygen atoms in total. The number of halogens is 1. The molecule has 1 aliphatic heterocycles. The molecule has 1 aliphatic carbocycles. The third-order valence-electron chi connectivity index (χ3n) is 4.73. The molecule has 1 aromatic carbocycles. The van der Waals surface area contributed by atoms with Crippen LogP contribution in [0.4, 0.5) is 5.69 Å². The van der Waals surface area contributed by atoms with Crippen molar-refractivity contribution in [2.45, 2.75) is 51.7 Å². The molecule has 1 saturated carbocycles. The molecule has 6 heteroatoms. The van der Waals surface area contributed by atoms with Gasteiger partial charge in [0.15, 0.2) is 5.17 Å². The molecular formula is C18H24ClN3OS. The molecule has 0 N–H and O–H groups in total. The van der Waals surface area contributed by atoms with E-state index < -0.39 is 0 Å². The number of hydrogen-bond acceptors (Lipinski definition) is 3. The Labute approximate surface area is 153 Å². The summed E-state index contributed by atoms with van der Waals surface area (Å²) in [6.07, 6.45) is 4.87. The number of rotatable bonds is 3. The molecule has 0 aromatic heterocycles. The Kier molecular flexibility index (Phi) is 5.40. The third kappa shape index (κ3) is 3.57. The van der Waals surface area contributed by atoms with Crippen molar-refractivity contribution in [3.8, 4) is 0 Å². The van der Waals surface area contributed by atoms with Crippen molar-refractivity contribution in [1.82, 2.24) is 4.90 Å². The molecule has 1 aromatic rings. The second-order valence-corrected chi connectivity index (χ2v) is 7.99. The Hall–Kier alpha value is -1.20. The highest BCUT2D eigenvalue weighted by molar-refractivity contribution is 8.14. The highest BCUT2D eigenvalue weighted by Crippen LogP contribution is 2.34. The van der Waals surface area contributed by atoms with Gasteiger partial charge in [0.05, 0.1) is 16.8 Å². The first-order valence-corrected chi connectivity index (χ1v) is 9.83. The van der Waals surface area contributed by atoms with Crippen LogP contribution in [0, 0.1) is 6.92 Å². The van der Waals surface area contributed by atoms with E-state index in [9.17, 15) is 4.79 Å². The van der Waals surface area contributed by atoms with Crippen molar-refractivity contribution in [3.63, 3.8) is 0 Å². The van der Waals surface area contributed by atoms with Gasteiger partial charge in [-0.15, -0.1) is 0 Å². The first kappa shape index (κ1) is 17.6. The molecular weight excluding hydrogens is 342 g/mol. The van der Waals surface area contributed by atoms with Crippen molar-refractivity contribution < 1.29 is 4.79 Å². The van der Waals surface area contributed by atoms with Crippen LogP contribution in [0.5, 0.6) is 0 Å². The summed E-state index contributed by atoms with van der Waals surface area (Å²) in [5.41, 5.74) is 1.86. The van der Waals surface area contributed by atoms with Gasteiger partial charge >= 0.3 is 0 Å². The zero-order valence-corrected chi connectivity index (χ0v) is 16.0. The molecule has 1 amide bonds. The van der Waals surface area contributed by atoms with Crippen molar-refractivity contribution in [3.05, 3.63) is 28.8 Å². The number of thioether (sulfide) groups is 1. The fraction of sp³-hybridized carbons (Fsp3) is 0.556. The number of amidine groups is 1. The van der Waals surface area contributed by atoms with Crippen LogP contribution >= 0.6 is 23.4 Å². The maximum absolute atomic E-state index is 12.4. The topological polar surface area (TPSA) is 35.9 Å². The van der Waals surface area contributed by atoms with Crippen LogP contribution in [0.25, 0.3) is 0 Å². The number of benzene rings is 1. The minimum absolute atomic E-state index is 0.000296. The standard InChI is InChI=1S/C18H24ClN3OS/c1-12-8-9-16(15(19)10-12)22(13(2)23)17-11-24-18(21(17)3)20-14-6-4-5-7-14/h8-10,14,17H,4-7,11H2,1-3H3. The van der Waals surface area contributed by atoms with Crippen LogP contribution in [-0.4, -0.2) is 41.0 Å². The lowest BCUT2D eigenvalue weighted by atomic mass is 10.2. The normalized spacial score (nSPS) is 23.2. The molecule has 2 aliphatic rings. The Morgan fingerprint density at radius 1 is 1.38 bits per heavy atom. The van der Waals surface area contributed by atoms with Gasteiger partial charge in [-0.05, 0) is 37.5 Å². The summed E-state index contributed by atoms with van der Waals surface area (Å²) in [6, 6.07) is 6.28. The summed E-state index contributed by atoms with van der Waals surface area (Å²) in [4.78, 5) is 21.2. The van der Waals surface area contributed by atoms with Crippen LogP contribution in [0.15, 0.2) is 23.2 Å². The van der Waals surface area contributed by atoms with Gasteiger partial charge < -0.3 is 4.90 Å². The third-order valence-corrected chi connectivity index (χ3v) is 6.15. The molecule has 130 valence electrons. The van der Waals surface area contributed by atoms with Crippen molar-refractivity contribution >= 4 is 40.1 Å². The van der Waals surface area contributed by atoms with Crippen LogP contribution in [0.3, 0.4) is 0 Å². The van der Waals surface area contributed by atoms with E-state index in [0.717, 1.165) is 22.2 Å². The van der Waals surface area contributed by atoms with E-state index in [1.807, 2.05) is 32.2 Å². The van der Waals surface area contributed by atoms with Gasteiger partial charge in [-0.3, -0.25) is 14.7 Å². The van der Waals surface area contributed by atoms with Gasteiger partial charge in [0.2, 0.25) is 5.91 Å². The fourth-order valence-corrected chi connectivity index (χ4v) is 4.95. The summed E-state index contributed by atoms with van der Waals surface area (Å²) in [5, 5.41) is 1.66. The molecule has 1 atom stereocenters. The number of amides is 1. The van der Waals surface area contributed by atoms with E-state index in [-0.39, 0.29) is 12.1 Å². The summed E-state index contributed by atoms with van der Waals surface area (Å²) >= 11 is 8.15. The van der Waals surface area contributed by atoms with E-state index in [1.54, 1.807) is 23.6 Å². The van der Waals surface area contributed by atoms with Gasteiger partial charge in [-0.25, -0.2) is 0 Å². The Balaban J connectivity index is 1.85. The maximum atomic E-state index is 12.4. The van der Waals surface area contributed by atoms with E-state index in [1.165, 1.54) is 25.7 Å². The lowest BCUT2D eigenvalue weighted by Gasteiger charge is -2.33. The average Bonchev–Trinajstić information content (AvgIpc) is 3.14. The summed E-state index contributed by atoms with van der Waals surface area (Å²) in [7, 11) is 2.02. The smallest absolute Gasteiger partial charge is 0.225 e. The highest BCUT2D eigenvalue weighted by atomic mass is 35.5. The zero-order chi connectivity index (χ0) is 17.3. The number of carbonyl (C=O) groups excluding carboxylic acids is 1. The first-order valence-electron chi connectivity index (χ1n) is 8.46. The average molecular weight is 366 g/mol. The van der Waals surface area contributed by atoms with Crippen molar-refractivity contribution in [2.24, 2.45) is 4.99 Å². The second-order valence-electron chi connectivity index (χ2n) is 6.60. The molecule has 1 heterocycles. The zero-order valence-electron chi connectivity index (χ0n) is 14.5. The Bertz CT molecular complexity index is 658. The largest absolute Gasteiger partial charge is 0.333 e. The molecule has 2 fully saturated rings. The van der Waals surface area contributed by atoms with Gasteiger partial charge in [0.1, 0.15) is 6.17 Å². The van der Waals surface area contributed by atoms with Crippen LogP contribution in [0.2, 0.25) is 5.02 Å². The van der Waals surface area contributed by atoms with Crippen LogP contribution < -0.4 is 4.90 Å². The van der Waals surface area contributed by atoms with Gasteiger partial charge in [0.25, 0.3) is 0 Å². The molecule has 0 spiro atoms.